The van der Waals surface area contributed by atoms with Gasteiger partial charge in [0.15, 0.2) is 0 Å². The number of hydrogen-bond acceptors (Lipinski definition) is 4. The summed E-state index contributed by atoms with van der Waals surface area (Å²) in [5.74, 6) is 1.22. The molecule has 0 atom stereocenters. The van der Waals surface area contributed by atoms with Crippen molar-refractivity contribution in [2.75, 3.05) is 12.8 Å². The van der Waals surface area contributed by atoms with E-state index < -0.39 is 0 Å². The Labute approximate surface area is 137 Å². The summed E-state index contributed by atoms with van der Waals surface area (Å²) in [5.41, 5.74) is 9.27. The number of H-pyrrole nitrogens is 1. The van der Waals surface area contributed by atoms with E-state index in [1.807, 2.05) is 30.3 Å². The molecule has 23 heavy (non-hydrogen) atoms. The van der Waals surface area contributed by atoms with Gasteiger partial charge in [0, 0.05) is 33.1 Å². The van der Waals surface area contributed by atoms with Crippen LogP contribution in [0.2, 0.25) is 5.02 Å². The van der Waals surface area contributed by atoms with Gasteiger partial charge in [0.05, 0.1) is 18.8 Å². The van der Waals surface area contributed by atoms with Crippen LogP contribution in [0.15, 0.2) is 42.7 Å². The number of nitrogens with zero attached hydrogens (tertiary/aromatic N) is 2. The van der Waals surface area contributed by atoms with Crippen molar-refractivity contribution in [3.05, 3.63) is 47.7 Å². The average Bonchev–Trinajstić information content (AvgIpc) is 2.92. The number of pyridine rings is 2. The predicted molar refractivity (Wildman–Crippen MR) is 92.8 cm³/mol. The molecule has 114 valence electrons. The van der Waals surface area contributed by atoms with Crippen LogP contribution < -0.4 is 10.5 Å². The number of anilines is 1. The minimum absolute atomic E-state index is 0.475. The van der Waals surface area contributed by atoms with E-state index in [2.05, 4.69) is 15.0 Å². The fourth-order valence-corrected chi connectivity index (χ4v) is 2.92. The summed E-state index contributed by atoms with van der Waals surface area (Å²) >= 11 is 6.34. The first-order chi connectivity index (χ1) is 11.2. The molecule has 3 aromatic heterocycles. The molecule has 0 bridgehead atoms. The van der Waals surface area contributed by atoms with E-state index in [-0.39, 0.29) is 0 Å². The number of hydrogen-bond donors (Lipinski definition) is 2. The molecule has 1 aromatic carbocycles. The van der Waals surface area contributed by atoms with Gasteiger partial charge in [-0.15, -0.1) is 0 Å². The third kappa shape index (κ3) is 2.26. The molecule has 5 nitrogen and oxygen atoms in total. The lowest BCUT2D eigenvalue weighted by Gasteiger charge is -2.07. The van der Waals surface area contributed by atoms with Crippen molar-refractivity contribution in [3.8, 4) is 16.9 Å². The maximum atomic E-state index is 6.34. The fraction of sp³-hybridized carbons (Fsp3) is 0.0588. The largest absolute Gasteiger partial charge is 0.497 e. The highest BCUT2D eigenvalue weighted by atomic mass is 35.5. The number of methoxy groups -OCH3 is 1. The van der Waals surface area contributed by atoms with E-state index in [4.69, 9.17) is 22.1 Å². The molecule has 4 rings (SSSR count). The number of halogens is 1. The third-order valence-corrected chi connectivity index (χ3v) is 4.17. The third-order valence-electron chi connectivity index (χ3n) is 3.84. The first-order valence-corrected chi connectivity index (χ1v) is 7.40. The standard InChI is InChI=1S/C17H13ClN4O/c1-23-10-2-3-14(18)11(5-10)9-4-13-12-6-16(19)20-8-15(12)22-17(13)21-7-9/h2-8H,1H3,(H2,19,20)(H,21,22). The van der Waals surface area contributed by atoms with Gasteiger partial charge in [0.1, 0.15) is 17.2 Å². The number of aromatic amines is 1. The van der Waals surface area contributed by atoms with Crippen LogP contribution in [-0.2, 0) is 0 Å². The van der Waals surface area contributed by atoms with Crippen LogP contribution in [0.3, 0.4) is 0 Å². The Morgan fingerprint density at radius 1 is 1.09 bits per heavy atom. The minimum atomic E-state index is 0.475. The first kappa shape index (κ1) is 13.8. The number of aromatic nitrogens is 3. The van der Waals surface area contributed by atoms with Crippen molar-refractivity contribution in [2.24, 2.45) is 0 Å². The lowest BCUT2D eigenvalue weighted by molar-refractivity contribution is 0.415. The van der Waals surface area contributed by atoms with Gasteiger partial charge in [-0.05, 0) is 30.3 Å². The summed E-state index contributed by atoms with van der Waals surface area (Å²) in [6.07, 6.45) is 3.50. The SMILES string of the molecule is COc1ccc(Cl)c(-c2cnc3[nH]c4cnc(N)cc4c3c2)c1. The van der Waals surface area contributed by atoms with Crippen molar-refractivity contribution in [1.82, 2.24) is 15.0 Å². The Morgan fingerprint density at radius 2 is 1.96 bits per heavy atom. The second-order valence-electron chi connectivity index (χ2n) is 5.25. The maximum absolute atomic E-state index is 6.34. The number of rotatable bonds is 2. The zero-order chi connectivity index (χ0) is 16.0. The van der Waals surface area contributed by atoms with Crippen LogP contribution in [0.4, 0.5) is 5.82 Å². The van der Waals surface area contributed by atoms with E-state index in [9.17, 15) is 0 Å². The summed E-state index contributed by atoms with van der Waals surface area (Å²) in [7, 11) is 1.63. The molecule has 3 heterocycles. The maximum Gasteiger partial charge on any atom is 0.138 e. The van der Waals surface area contributed by atoms with Gasteiger partial charge < -0.3 is 15.5 Å². The first-order valence-electron chi connectivity index (χ1n) is 7.02. The fourth-order valence-electron chi connectivity index (χ4n) is 2.69. The van der Waals surface area contributed by atoms with E-state index in [1.54, 1.807) is 19.5 Å². The van der Waals surface area contributed by atoms with E-state index in [0.29, 0.717) is 10.8 Å². The van der Waals surface area contributed by atoms with E-state index in [0.717, 1.165) is 38.8 Å². The smallest absolute Gasteiger partial charge is 0.138 e. The van der Waals surface area contributed by atoms with Gasteiger partial charge in [-0.3, -0.25) is 0 Å². The number of nitrogen functional groups attached to an aromatic ring is 1. The van der Waals surface area contributed by atoms with E-state index >= 15 is 0 Å². The van der Waals surface area contributed by atoms with Gasteiger partial charge in [-0.25, -0.2) is 9.97 Å². The van der Waals surface area contributed by atoms with Crippen LogP contribution in [0.25, 0.3) is 33.1 Å². The highest BCUT2D eigenvalue weighted by molar-refractivity contribution is 6.33. The van der Waals surface area contributed by atoms with Crippen LogP contribution >= 0.6 is 11.6 Å². The number of nitrogens with one attached hydrogen (secondary N) is 1. The lowest BCUT2D eigenvalue weighted by Crippen LogP contribution is -1.87. The van der Waals surface area contributed by atoms with Crippen LogP contribution in [-0.4, -0.2) is 22.1 Å². The van der Waals surface area contributed by atoms with Gasteiger partial charge in [-0.1, -0.05) is 11.6 Å². The molecular weight excluding hydrogens is 312 g/mol. The molecule has 4 aromatic rings. The predicted octanol–water partition coefficient (Wildman–Crippen LogP) is 4.02. The number of nitrogens with two attached hydrogens (primary N) is 1. The molecule has 0 saturated heterocycles. The molecule has 0 aliphatic carbocycles. The molecule has 0 saturated carbocycles. The Kier molecular flexibility index (Phi) is 3.09. The monoisotopic (exact) mass is 324 g/mol. The summed E-state index contributed by atoms with van der Waals surface area (Å²) in [6.45, 7) is 0. The zero-order valence-corrected chi connectivity index (χ0v) is 13.1. The van der Waals surface area contributed by atoms with Crippen molar-refractivity contribution in [3.63, 3.8) is 0 Å². The molecule has 0 aliphatic rings. The lowest BCUT2D eigenvalue weighted by atomic mass is 10.1. The second kappa shape index (κ2) is 5.14. The average molecular weight is 325 g/mol. The van der Waals surface area contributed by atoms with Crippen molar-refractivity contribution >= 4 is 39.4 Å². The summed E-state index contributed by atoms with van der Waals surface area (Å²) in [5, 5.41) is 2.61. The van der Waals surface area contributed by atoms with Crippen LogP contribution in [0, 0.1) is 0 Å². The van der Waals surface area contributed by atoms with E-state index in [1.165, 1.54) is 0 Å². The summed E-state index contributed by atoms with van der Waals surface area (Å²) in [6, 6.07) is 9.43. The second-order valence-corrected chi connectivity index (χ2v) is 5.65. The minimum Gasteiger partial charge on any atom is -0.497 e. The summed E-state index contributed by atoms with van der Waals surface area (Å²) < 4.78 is 5.28. The van der Waals surface area contributed by atoms with Gasteiger partial charge in [0.25, 0.3) is 0 Å². The number of fused-ring (bicyclic) bond motifs is 3. The molecule has 3 N–H and O–H groups in total. The highest BCUT2D eigenvalue weighted by Crippen LogP contribution is 2.34. The molecule has 6 heteroatoms. The highest BCUT2D eigenvalue weighted by Gasteiger charge is 2.11. The topological polar surface area (TPSA) is 76.8 Å². The molecule has 0 aliphatic heterocycles. The Balaban J connectivity index is 1.98. The van der Waals surface area contributed by atoms with Gasteiger partial charge >= 0.3 is 0 Å². The Morgan fingerprint density at radius 3 is 2.78 bits per heavy atom. The molecule has 0 fully saturated rings. The van der Waals surface area contributed by atoms with Gasteiger partial charge in [-0.2, -0.15) is 0 Å². The Hall–Kier alpha value is -2.79. The molecular formula is C17H13ClN4O. The zero-order valence-electron chi connectivity index (χ0n) is 12.3. The summed E-state index contributed by atoms with van der Waals surface area (Å²) in [4.78, 5) is 11.8. The number of ether oxygens (including phenoxy) is 1. The van der Waals surface area contributed by atoms with Crippen LogP contribution in [0.1, 0.15) is 0 Å². The van der Waals surface area contributed by atoms with Crippen molar-refractivity contribution in [1.29, 1.82) is 0 Å². The normalized spacial score (nSPS) is 11.2. The molecule has 0 spiro atoms. The molecule has 0 radical (unpaired) electrons. The van der Waals surface area contributed by atoms with Crippen LogP contribution in [0.5, 0.6) is 5.75 Å². The Bertz CT molecular complexity index is 1040. The number of benzene rings is 1. The van der Waals surface area contributed by atoms with Gasteiger partial charge in [0.2, 0.25) is 0 Å². The molecule has 0 unspecified atom stereocenters. The molecule has 0 amide bonds. The van der Waals surface area contributed by atoms with Crippen molar-refractivity contribution in [2.45, 2.75) is 0 Å². The van der Waals surface area contributed by atoms with Crippen molar-refractivity contribution < 1.29 is 4.74 Å². The quantitative estimate of drug-likeness (QED) is 0.584.